The molecule has 0 aliphatic rings. The SMILES string of the molecule is N#Cc1ccc(-c2cccc(C(F)(F)F)c2)nc1Oc1cc(Cl)cc(Cl)c1. The average molecular weight is 409 g/mol. The van der Waals surface area contributed by atoms with Crippen molar-refractivity contribution >= 4 is 23.2 Å². The minimum Gasteiger partial charge on any atom is -0.438 e. The molecule has 0 saturated heterocycles. The Kier molecular flexibility index (Phi) is 5.26. The molecule has 0 saturated carbocycles. The van der Waals surface area contributed by atoms with Gasteiger partial charge in [-0.05, 0) is 42.5 Å². The molecule has 0 atom stereocenters. The highest BCUT2D eigenvalue weighted by molar-refractivity contribution is 6.34. The topological polar surface area (TPSA) is 45.9 Å². The summed E-state index contributed by atoms with van der Waals surface area (Å²) < 4.78 is 44.4. The molecule has 0 radical (unpaired) electrons. The summed E-state index contributed by atoms with van der Waals surface area (Å²) >= 11 is 11.8. The van der Waals surface area contributed by atoms with Crippen molar-refractivity contribution in [2.24, 2.45) is 0 Å². The Morgan fingerprint density at radius 3 is 2.30 bits per heavy atom. The first kappa shape index (κ1) is 19.0. The first-order valence-corrected chi connectivity index (χ1v) is 8.24. The molecule has 3 aromatic rings. The van der Waals surface area contributed by atoms with Gasteiger partial charge in [-0.2, -0.15) is 18.4 Å². The van der Waals surface area contributed by atoms with Crippen LogP contribution in [0.1, 0.15) is 11.1 Å². The van der Waals surface area contributed by atoms with Crippen molar-refractivity contribution in [2.75, 3.05) is 0 Å². The van der Waals surface area contributed by atoms with Gasteiger partial charge in [0.05, 0.1) is 11.3 Å². The predicted octanol–water partition coefficient (Wildman–Crippen LogP) is 6.74. The Labute approximate surface area is 162 Å². The van der Waals surface area contributed by atoms with Crippen LogP contribution in [-0.2, 0) is 6.18 Å². The molecule has 0 spiro atoms. The van der Waals surface area contributed by atoms with Gasteiger partial charge in [-0.1, -0.05) is 35.3 Å². The number of halogens is 5. The van der Waals surface area contributed by atoms with Crippen molar-refractivity contribution in [1.82, 2.24) is 4.98 Å². The van der Waals surface area contributed by atoms with E-state index < -0.39 is 11.7 Å². The van der Waals surface area contributed by atoms with Crippen molar-refractivity contribution in [2.45, 2.75) is 6.18 Å². The summed E-state index contributed by atoms with van der Waals surface area (Å²) in [6.07, 6.45) is -4.47. The van der Waals surface area contributed by atoms with Crippen LogP contribution in [0.15, 0.2) is 54.6 Å². The van der Waals surface area contributed by atoms with Crippen molar-refractivity contribution in [3.63, 3.8) is 0 Å². The van der Waals surface area contributed by atoms with E-state index in [0.717, 1.165) is 12.1 Å². The number of hydrogen-bond acceptors (Lipinski definition) is 3. The number of nitrogens with zero attached hydrogens (tertiary/aromatic N) is 2. The summed E-state index contributed by atoms with van der Waals surface area (Å²) in [7, 11) is 0. The Morgan fingerprint density at radius 2 is 1.67 bits per heavy atom. The molecular formula is C19H9Cl2F3N2O. The van der Waals surface area contributed by atoms with Crippen LogP contribution in [0.5, 0.6) is 11.6 Å². The summed E-state index contributed by atoms with van der Waals surface area (Å²) in [6, 6.07) is 14.0. The second kappa shape index (κ2) is 7.47. The van der Waals surface area contributed by atoms with E-state index in [2.05, 4.69) is 4.98 Å². The molecule has 0 unspecified atom stereocenters. The maximum absolute atomic E-state index is 12.9. The van der Waals surface area contributed by atoms with Gasteiger partial charge in [0.1, 0.15) is 17.4 Å². The predicted molar refractivity (Wildman–Crippen MR) is 95.9 cm³/mol. The monoisotopic (exact) mass is 408 g/mol. The Hall–Kier alpha value is -2.75. The van der Waals surface area contributed by atoms with Gasteiger partial charge in [0.2, 0.25) is 5.88 Å². The van der Waals surface area contributed by atoms with Crippen LogP contribution in [0.2, 0.25) is 10.0 Å². The maximum Gasteiger partial charge on any atom is 0.416 e. The van der Waals surface area contributed by atoms with E-state index in [4.69, 9.17) is 27.9 Å². The zero-order chi connectivity index (χ0) is 19.6. The van der Waals surface area contributed by atoms with E-state index in [1.165, 1.54) is 42.5 Å². The minimum atomic E-state index is -4.47. The van der Waals surface area contributed by atoms with Gasteiger partial charge < -0.3 is 4.74 Å². The minimum absolute atomic E-state index is 0.0641. The number of hydrogen-bond donors (Lipinski definition) is 0. The molecule has 0 bridgehead atoms. The smallest absolute Gasteiger partial charge is 0.416 e. The van der Waals surface area contributed by atoms with Crippen LogP contribution >= 0.6 is 23.2 Å². The molecule has 0 fully saturated rings. The van der Waals surface area contributed by atoms with Crippen LogP contribution in [0.4, 0.5) is 13.2 Å². The summed E-state index contributed by atoms with van der Waals surface area (Å²) in [6.45, 7) is 0. The number of benzene rings is 2. The van der Waals surface area contributed by atoms with Crippen molar-refractivity contribution < 1.29 is 17.9 Å². The van der Waals surface area contributed by atoms with Gasteiger partial charge >= 0.3 is 6.18 Å². The van der Waals surface area contributed by atoms with Gasteiger partial charge in [-0.3, -0.25) is 0 Å². The summed E-state index contributed by atoms with van der Waals surface area (Å²) in [5, 5.41) is 9.90. The van der Waals surface area contributed by atoms with E-state index in [0.29, 0.717) is 10.0 Å². The van der Waals surface area contributed by atoms with Gasteiger partial charge in [0.25, 0.3) is 0 Å². The summed E-state index contributed by atoms with van der Waals surface area (Å²) in [5.74, 6) is 0.184. The summed E-state index contributed by atoms with van der Waals surface area (Å²) in [4.78, 5) is 4.19. The average Bonchev–Trinajstić information content (AvgIpc) is 2.60. The van der Waals surface area contributed by atoms with Crippen LogP contribution in [-0.4, -0.2) is 4.98 Å². The third-order valence-corrected chi connectivity index (χ3v) is 3.95. The third kappa shape index (κ3) is 4.51. The molecule has 3 nitrogen and oxygen atoms in total. The molecule has 3 rings (SSSR count). The lowest BCUT2D eigenvalue weighted by Gasteiger charge is -2.11. The standard InChI is InChI=1S/C19H9Cl2F3N2O/c20-14-7-15(21)9-16(8-14)27-18-12(10-25)4-5-17(26-18)11-2-1-3-13(6-11)19(22,23)24/h1-9H. The number of rotatable bonds is 3. The molecular weight excluding hydrogens is 400 g/mol. The Bertz CT molecular complexity index is 1030. The fraction of sp³-hybridized carbons (Fsp3) is 0.0526. The molecule has 0 aliphatic carbocycles. The number of aromatic nitrogens is 1. The number of alkyl halides is 3. The first-order chi connectivity index (χ1) is 12.8. The lowest BCUT2D eigenvalue weighted by molar-refractivity contribution is -0.137. The van der Waals surface area contributed by atoms with E-state index >= 15 is 0 Å². The molecule has 27 heavy (non-hydrogen) atoms. The van der Waals surface area contributed by atoms with E-state index in [1.54, 1.807) is 0 Å². The quantitative estimate of drug-likeness (QED) is 0.481. The fourth-order valence-electron chi connectivity index (χ4n) is 2.32. The van der Waals surface area contributed by atoms with Gasteiger partial charge in [0, 0.05) is 15.6 Å². The van der Waals surface area contributed by atoms with Crippen LogP contribution in [0, 0.1) is 11.3 Å². The van der Waals surface area contributed by atoms with Gasteiger partial charge in [-0.15, -0.1) is 0 Å². The lowest BCUT2D eigenvalue weighted by atomic mass is 10.1. The molecule has 2 aromatic carbocycles. The van der Waals surface area contributed by atoms with Crippen molar-refractivity contribution in [3.05, 3.63) is 75.8 Å². The van der Waals surface area contributed by atoms with Crippen LogP contribution in [0.25, 0.3) is 11.3 Å². The molecule has 0 N–H and O–H groups in total. The number of pyridine rings is 1. The van der Waals surface area contributed by atoms with Gasteiger partial charge in [-0.25, -0.2) is 4.98 Å². The highest BCUT2D eigenvalue weighted by Gasteiger charge is 2.30. The van der Waals surface area contributed by atoms with Crippen LogP contribution < -0.4 is 4.74 Å². The summed E-state index contributed by atoms with van der Waals surface area (Å²) in [5.41, 5.74) is -0.219. The second-order valence-corrected chi connectivity index (χ2v) is 6.32. The number of ether oxygens (including phenoxy) is 1. The highest BCUT2D eigenvalue weighted by Crippen LogP contribution is 2.34. The second-order valence-electron chi connectivity index (χ2n) is 5.45. The zero-order valence-electron chi connectivity index (χ0n) is 13.4. The maximum atomic E-state index is 12.9. The van der Waals surface area contributed by atoms with Crippen molar-refractivity contribution in [1.29, 1.82) is 5.26 Å². The molecule has 8 heteroatoms. The molecule has 0 amide bonds. The van der Waals surface area contributed by atoms with Gasteiger partial charge in [0.15, 0.2) is 0 Å². The van der Waals surface area contributed by atoms with Crippen molar-refractivity contribution in [3.8, 4) is 29.0 Å². The highest BCUT2D eigenvalue weighted by atomic mass is 35.5. The lowest BCUT2D eigenvalue weighted by Crippen LogP contribution is -2.04. The van der Waals surface area contributed by atoms with E-state index in [1.807, 2.05) is 6.07 Å². The Balaban J connectivity index is 2.03. The molecule has 136 valence electrons. The Morgan fingerprint density at radius 1 is 0.963 bits per heavy atom. The zero-order valence-corrected chi connectivity index (χ0v) is 14.9. The number of nitriles is 1. The van der Waals surface area contributed by atoms with E-state index in [9.17, 15) is 18.4 Å². The molecule has 1 aromatic heterocycles. The fourth-order valence-corrected chi connectivity index (χ4v) is 2.82. The molecule has 1 heterocycles. The van der Waals surface area contributed by atoms with E-state index in [-0.39, 0.29) is 28.5 Å². The molecule has 0 aliphatic heterocycles. The van der Waals surface area contributed by atoms with Crippen LogP contribution in [0.3, 0.4) is 0 Å². The first-order valence-electron chi connectivity index (χ1n) is 7.49. The third-order valence-electron chi connectivity index (χ3n) is 3.52. The largest absolute Gasteiger partial charge is 0.438 e. The normalized spacial score (nSPS) is 11.1.